The van der Waals surface area contributed by atoms with E-state index in [4.69, 9.17) is 10.5 Å². The first kappa shape index (κ1) is 17.2. The average molecular weight is 267 g/mol. The van der Waals surface area contributed by atoms with Gasteiger partial charge in [-0.3, -0.25) is 0 Å². The Hall–Kier alpha value is -0.800. The molecule has 0 aromatic rings. The van der Waals surface area contributed by atoms with Crippen LogP contribution in [-0.2, 0) is 0 Å². The summed E-state index contributed by atoms with van der Waals surface area (Å²) in [5.74, 6) is 0.355. The standard InChI is InChI=1S/C15H25NOS/c1-11(5-7-17)9-15(16)14(4)10-13(3)12(2)6-8-18/h6,8,10-11,16-18H,5,7,9H2,1-4H3/b8-6-,13-12+,14-10+,16-15?. The van der Waals surface area contributed by atoms with Crippen molar-refractivity contribution in [1.29, 1.82) is 5.41 Å². The first-order chi connectivity index (χ1) is 8.42. The van der Waals surface area contributed by atoms with Crippen LogP contribution in [0.15, 0.2) is 34.3 Å². The van der Waals surface area contributed by atoms with Crippen LogP contribution in [0.4, 0.5) is 0 Å². The largest absolute Gasteiger partial charge is 0.396 e. The van der Waals surface area contributed by atoms with Gasteiger partial charge in [0.25, 0.3) is 0 Å². The summed E-state index contributed by atoms with van der Waals surface area (Å²) in [6, 6.07) is 0. The Kier molecular flexibility index (Phi) is 8.77. The molecule has 0 amide bonds. The molecule has 0 bridgehead atoms. The molecule has 0 fully saturated rings. The zero-order chi connectivity index (χ0) is 14.1. The van der Waals surface area contributed by atoms with Crippen molar-refractivity contribution in [3.63, 3.8) is 0 Å². The molecule has 0 spiro atoms. The molecule has 1 unspecified atom stereocenters. The maximum Gasteiger partial charge on any atom is 0.0433 e. The van der Waals surface area contributed by atoms with Crippen LogP contribution in [0.1, 0.15) is 40.5 Å². The van der Waals surface area contributed by atoms with Crippen LogP contribution in [0, 0.1) is 11.3 Å². The fraction of sp³-hybridized carbons (Fsp3) is 0.533. The molecule has 0 saturated carbocycles. The van der Waals surface area contributed by atoms with Crippen molar-refractivity contribution >= 4 is 18.3 Å². The van der Waals surface area contributed by atoms with Gasteiger partial charge in [-0.25, -0.2) is 0 Å². The quantitative estimate of drug-likeness (QED) is 0.362. The molecule has 102 valence electrons. The van der Waals surface area contributed by atoms with Crippen molar-refractivity contribution in [1.82, 2.24) is 0 Å². The van der Waals surface area contributed by atoms with Crippen molar-refractivity contribution in [2.45, 2.75) is 40.5 Å². The van der Waals surface area contributed by atoms with Crippen LogP contribution in [0.25, 0.3) is 0 Å². The highest BCUT2D eigenvalue weighted by molar-refractivity contribution is 7.83. The summed E-state index contributed by atoms with van der Waals surface area (Å²) in [4.78, 5) is 0. The Balaban J connectivity index is 4.68. The van der Waals surface area contributed by atoms with Crippen LogP contribution >= 0.6 is 12.6 Å². The van der Waals surface area contributed by atoms with Gasteiger partial charge < -0.3 is 10.5 Å². The van der Waals surface area contributed by atoms with E-state index in [1.807, 2.05) is 32.9 Å². The lowest BCUT2D eigenvalue weighted by Gasteiger charge is -2.11. The van der Waals surface area contributed by atoms with Crippen molar-refractivity contribution in [3.8, 4) is 0 Å². The molecular formula is C15H25NOS. The molecule has 2 nitrogen and oxygen atoms in total. The minimum atomic E-state index is 0.196. The number of rotatable bonds is 7. The van der Waals surface area contributed by atoms with Gasteiger partial charge >= 0.3 is 0 Å². The fourth-order valence-corrected chi connectivity index (χ4v) is 1.82. The lowest BCUT2D eigenvalue weighted by Crippen LogP contribution is -2.07. The van der Waals surface area contributed by atoms with Gasteiger partial charge in [0.2, 0.25) is 0 Å². The fourth-order valence-electron chi connectivity index (χ4n) is 1.60. The summed E-state index contributed by atoms with van der Waals surface area (Å²) in [6.07, 6.45) is 5.46. The Bertz CT molecular complexity index is 367. The van der Waals surface area contributed by atoms with Crippen molar-refractivity contribution in [2.75, 3.05) is 6.61 Å². The molecule has 0 radical (unpaired) electrons. The van der Waals surface area contributed by atoms with E-state index in [-0.39, 0.29) is 6.61 Å². The molecule has 0 heterocycles. The number of aliphatic hydroxyl groups excluding tert-OH is 1. The van der Waals surface area contributed by atoms with Gasteiger partial charge in [0.1, 0.15) is 0 Å². The molecule has 18 heavy (non-hydrogen) atoms. The number of hydrogen-bond donors (Lipinski definition) is 3. The van der Waals surface area contributed by atoms with Crippen LogP contribution in [0.3, 0.4) is 0 Å². The molecule has 0 aromatic heterocycles. The molecule has 0 saturated heterocycles. The second kappa shape index (κ2) is 9.17. The Morgan fingerprint density at radius 1 is 1.28 bits per heavy atom. The second-order valence-electron chi connectivity index (χ2n) is 4.81. The molecule has 0 aliphatic heterocycles. The minimum absolute atomic E-state index is 0.196. The van der Waals surface area contributed by atoms with Crippen LogP contribution in [-0.4, -0.2) is 17.4 Å². The molecule has 3 heteroatoms. The molecule has 0 aromatic carbocycles. The average Bonchev–Trinajstić information content (AvgIpc) is 2.29. The summed E-state index contributed by atoms with van der Waals surface area (Å²) < 4.78 is 0. The number of allylic oxidation sites excluding steroid dienone is 5. The van der Waals surface area contributed by atoms with E-state index in [9.17, 15) is 0 Å². The van der Waals surface area contributed by atoms with Gasteiger partial charge in [0.05, 0.1) is 0 Å². The van der Waals surface area contributed by atoms with Crippen molar-refractivity contribution < 1.29 is 5.11 Å². The third-order valence-corrected chi connectivity index (χ3v) is 3.18. The van der Waals surface area contributed by atoms with Crippen molar-refractivity contribution in [3.05, 3.63) is 34.3 Å². The number of hydrogen-bond acceptors (Lipinski definition) is 3. The SMILES string of the molecule is C\C(=C/C(C)=C(C)/C=C\S)C(=N)CC(C)CCO. The number of thiol groups is 1. The topological polar surface area (TPSA) is 44.1 Å². The monoisotopic (exact) mass is 267 g/mol. The molecule has 0 rings (SSSR count). The zero-order valence-corrected chi connectivity index (χ0v) is 12.7. The van der Waals surface area contributed by atoms with Gasteiger partial charge in [0, 0.05) is 12.3 Å². The summed E-state index contributed by atoms with van der Waals surface area (Å²) in [7, 11) is 0. The Morgan fingerprint density at radius 2 is 1.89 bits per heavy atom. The maximum absolute atomic E-state index is 8.86. The summed E-state index contributed by atoms with van der Waals surface area (Å²) in [6.45, 7) is 8.30. The van der Waals surface area contributed by atoms with E-state index >= 15 is 0 Å². The van der Waals surface area contributed by atoms with Crippen LogP contribution < -0.4 is 0 Å². The van der Waals surface area contributed by atoms with Crippen LogP contribution in [0.2, 0.25) is 0 Å². The van der Waals surface area contributed by atoms with Gasteiger partial charge in [0.15, 0.2) is 0 Å². The normalized spacial score (nSPS) is 15.8. The maximum atomic E-state index is 8.86. The first-order valence-corrected chi connectivity index (χ1v) is 6.79. The third-order valence-electron chi connectivity index (χ3n) is 3.03. The van der Waals surface area contributed by atoms with Gasteiger partial charge in [-0.1, -0.05) is 19.1 Å². The summed E-state index contributed by atoms with van der Waals surface area (Å²) in [5.41, 5.74) is 3.94. The van der Waals surface area contributed by atoms with E-state index < -0.39 is 0 Å². The predicted molar refractivity (Wildman–Crippen MR) is 83.5 cm³/mol. The summed E-state index contributed by atoms with van der Waals surface area (Å²) in [5, 5.41) is 18.6. The number of aliphatic hydroxyl groups is 1. The molecule has 2 N–H and O–H groups in total. The minimum Gasteiger partial charge on any atom is -0.396 e. The highest BCUT2D eigenvalue weighted by Gasteiger charge is 2.07. The van der Waals surface area contributed by atoms with Gasteiger partial charge in [-0.15, -0.1) is 0 Å². The van der Waals surface area contributed by atoms with E-state index in [1.54, 1.807) is 5.41 Å². The molecule has 1 atom stereocenters. The van der Waals surface area contributed by atoms with E-state index in [2.05, 4.69) is 19.6 Å². The Labute approximate surface area is 116 Å². The Morgan fingerprint density at radius 3 is 2.39 bits per heavy atom. The van der Waals surface area contributed by atoms with Crippen molar-refractivity contribution in [2.24, 2.45) is 5.92 Å². The molecular weight excluding hydrogens is 242 g/mol. The molecule has 0 aliphatic rings. The first-order valence-electron chi connectivity index (χ1n) is 6.27. The van der Waals surface area contributed by atoms with Crippen LogP contribution in [0.5, 0.6) is 0 Å². The lowest BCUT2D eigenvalue weighted by atomic mass is 9.96. The smallest absolute Gasteiger partial charge is 0.0433 e. The second-order valence-corrected chi connectivity index (χ2v) is 5.11. The third kappa shape index (κ3) is 6.82. The predicted octanol–water partition coefficient (Wildman–Crippen LogP) is 4.14. The van der Waals surface area contributed by atoms with Gasteiger partial charge in [-0.05, 0) is 61.7 Å². The van der Waals surface area contributed by atoms with E-state index in [0.29, 0.717) is 11.6 Å². The highest BCUT2D eigenvalue weighted by Crippen LogP contribution is 2.15. The summed E-state index contributed by atoms with van der Waals surface area (Å²) >= 11 is 4.05. The number of nitrogens with one attached hydrogen (secondary N) is 1. The van der Waals surface area contributed by atoms with E-state index in [1.165, 1.54) is 0 Å². The lowest BCUT2D eigenvalue weighted by molar-refractivity contribution is 0.264. The highest BCUT2D eigenvalue weighted by atomic mass is 32.1. The van der Waals surface area contributed by atoms with Gasteiger partial charge in [-0.2, -0.15) is 12.6 Å². The zero-order valence-electron chi connectivity index (χ0n) is 11.8. The molecule has 0 aliphatic carbocycles. The van der Waals surface area contributed by atoms with E-state index in [0.717, 1.165) is 29.6 Å².